The van der Waals surface area contributed by atoms with Crippen molar-refractivity contribution in [1.29, 1.82) is 0 Å². The van der Waals surface area contributed by atoms with E-state index in [-0.39, 0.29) is 21.3 Å². The van der Waals surface area contributed by atoms with Gasteiger partial charge in [-0.05, 0) is 12.8 Å². The van der Waals surface area contributed by atoms with E-state index in [0.29, 0.717) is 24.6 Å². The molecule has 2 N–H and O–H groups in total. The zero-order chi connectivity index (χ0) is 18.7. The molecule has 0 aromatic carbocycles. The first-order valence-electron chi connectivity index (χ1n) is 8.91. The van der Waals surface area contributed by atoms with Crippen molar-refractivity contribution in [2.75, 3.05) is 13.2 Å². The predicted octanol–water partition coefficient (Wildman–Crippen LogP) is 5.06. The molecular weight excluding hydrogens is 344 g/mol. The third-order valence-corrected chi connectivity index (χ3v) is 4.83. The van der Waals surface area contributed by atoms with Crippen LogP contribution in [-0.4, -0.2) is 35.4 Å². The lowest BCUT2D eigenvalue weighted by Gasteiger charge is -2.11. The Hall–Kier alpha value is -1.76. The molecule has 0 aliphatic heterocycles. The van der Waals surface area contributed by atoms with E-state index in [4.69, 9.17) is 9.47 Å². The molecule has 0 atom stereocenters. The van der Waals surface area contributed by atoms with Crippen LogP contribution < -0.4 is 9.47 Å². The Balaban J connectivity index is 2.87. The standard InChI is InChI=1S/C18H28O6S/c1-3-5-7-9-11-23-13-14(24-12-10-8-6-4-2)16(18(21)22)25-15(13)17(19)20/h3-12H2,1-2H3,(H,19,20)(H,21,22). The maximum atomic E-state index is 11.4. The minimum atomic E-state index is -1.20. The zero-order valence-corrected chi connectivity index (χ0v) is 15.8. The molecule has 7 heteroatoms. The van der Waals surface area contributed by atoms with E-state index < -0.39 is 11.9 Å². The van der Waals surface area contributed by atoms with Crippen LogP contribution in [0.25, 0.3) is 0 Å². The Bertz CT molecular complexity index is 506. The van der Waals surface area contributed by atoms with Crippen LogP contribution in [0, 0.1) is 0 Å². The SMILES string of the molecule is CCCCCCOc1c(C(=O)O)sc(C(=O)O)c1OCCCCCC. The van der Waals surface area contributed by atoms with Crippen molar-refractivity contribution in [3.05, 3.63) is 9.75 Å². The average molecular weight is 372 g/mol. The highest BCUT2D eigenvalue weighted by Gasteiger charge is 2.29. The second-order valence-corrected chi connectivity index (χ2v) is 6.87. The molecule has 0 amide bonds. The van der Waals surface area contributed by atoms with E-state index in [0.717, 1.165) is 51.4 Å². The topological polar surface area (TPSA) is 93.1 Å². The van der Waals surface area contributed by atoms with E-state index >= 15 is 0 Å². The summed E-state index contributed by atoms with van der Waals surface area (Å²) in [5.41, 5.74) is 0. The quantitative estimate of drug-likeness (QED) is 0.443. The summed E-state index contributed by atoms with van der Waals surface area (Å²) >= 11 is 0.690. The van der Waals surface area contributed by atoms with E-state index in [1.807, 2.05) is 0 Å². The second-order valence-electron chi connectivity index (χ2n) is 5.85. The van der Waals surface area contributed by atoms with Gasteiger partial charge in [0.05, 0.1) is 13.2 Å². The minimum Gasteiger partial charge on any atom is -0.488 e. The summed E-state index contributed by atoms with van der Waals surface area (Å²) in [6.45, 7) is 4.91. The molecule has 0 radical (unpaired) electrons. The number of rotatable bonds is 14. The third kappa shape index (κ3) is 6.94. The lowest BCUT2D eigenvalue weighted by molar-refractivity contribution is 0.0685. The molecule has 0 bridgehead atoms. The average Bonchev–Trinajstić information content (AvgIpc) is 2.93. The fourth-order valence-corrected chi connectivity index (χ4v) is 3.22. The number of hydrogen-bond donors (Lipinski definition) is 2. The molecule has 0 unspecified atom stereocenters. The first-order valence-corrected chi connectivity index (χ1v) is 9.73. The molecule has 1 heterocycles. The number of carbonyl (C=O) groups is 2. The summed E-state index contributed by atoms with van der Waals surface area (Å²) in [7, 11) is 0. The molecule has 1 aromatic heterocycles. The van der Waals surface area contributed by atoms with Gasteiger partial charge in [0.2, 0.25) is 0 Å². The third-order valence-electron chi connectivity index (χ3n) is 3.70. The van der Waals surface area contributed by atoms with Crippen molar-refractivity contribution < 1.29 is 29.3 Å². The highest BCUT2D eigenvalue weighted by atomic mass is 32.1. The van der Waals surface area contributed by atoms with Crippen LogP contribution in [0.4, 0.5) is 0 Å². The van der Waals surface area contributed by atoms with Crippen LogP contribution in [0.2, 0.25) is 0 Å². The van der Waals surface area contributed by atoms with Gasteiger partial charge >= 0.3 is 11.9 Å². The number of hydrogen-bond acceptors (Lipinski definition) is 5. The molecule has 142 valence electrons. The molecule has 6 nitrogen and oxygen atoms in total. The molecule has 25 heavy (non-hydrogen) atoms. The van der Waals surface area contributed by atoms with Crippen molar-refractivity contribution in [1.82, 2.24) is 0 Å². The monoisotopic (exact) mass is 372 g/mol. The summed E-state index contributed by atoms with van der Waals surface area (Å²) in [5, 5.41) is 18.7. The van der Waals surface area contributed by atoms with Crippen molar-refractivity contribution in [3.63, 3.8) is 0 Å². The molecule has 0 aliphatic carbocycles. The highest BCUT2D eigenvalue weighted by molar-refractivity contribution is 7.16. The molecule has 0 fully saturated rings. The van der Waals surface area contributed by atoms with Crippen LogP contribution in [-0.2, 0) is 0 Å². The van der Waals surface area contributed by atoms with Crippen molar-refractivity contribution in [2.45, 2.75) is 65.2 Å². The highest BCUT2D eigenvalue weighted by Crippen LogP contribution is 2.42. The molecule has 0 spiro atoms. The second kappa shape index (κ2) is 11.7. The fraction of sp³-hybridized carbons (Fsp3) is 0.667. The normalized spacial score (nSPS) is 10.6. The molecule has 0 saturated carbocycles. The van der Waals surface area contributed by atoms with Gasteiger partial charge in [-0.15, -0.1) is 11.3 Å². The summed E-state index contributed by atoms with van der Waals surface area (Å²) < 4.78 is 11.3. The molecule has 0 aliphatic rings. The van der Waals surface area contributed by atoms with E-state index in [1.54, 1.807) is 0 Å². The van der Waals surface area contributed by atoms with Gasteiger partial charge in [-0.3, -0.25) is 0 Å². The Morgan fingerprint density at radius 3 is 1.48 bits per heavy atom. The molecular formula is C18H28O6S. The maximum absolute atomic E-state index is 11.4. The van der Waals surface area contributed by atoms with Crippen LogP contribution in [0.1, 0.15) is 84.6 Å². The van der Waals surface area contributed by atoms with Gasteiger partial charge in [0, 0.05) is 0 Å². The lowest BCUT2D eigenvalue weighted by atomic mass is 10.2. The van der Waals surface area contributed by atoms with Gasteiger partial charge in [0.1, 0.15) is 0 Å². The predicted molar refractivity (Wildman–Crippen MR) is 97.5 cm³/mol. The van der Waals surface area contributed by atoms with Crippen molar-refractivity contribution >= 4 is 23.3 Å². The van der Waals surface area contributed by atoms with E-state index in [2.05, 4.69) is 13.8 Å². The van der Waals surface area contributed by atoms with E-state index in [9.17, 15) is 19.8 Å². The van der Waals surface area contributed by atoms with Gasteiger partial charge in [-0.25, -0.2) is 9.59 Å². The summed E-state index contributed by atoms with van der Waals surface area (Å²) in [4.78, 5) is 22.7. The van der Waals surface area contributed by atoms with Crippen LogP contribution in [0.15, 0.2) is 0 Å². The first kappa shape index (κ1) is 21.3. The van der Waals surface area contributed by atoms with Gasteiger partial charge in [-0.1, -0.05) is 52.4 Å². The number of unbranched alkanes of at least 4 members (excludes halogenated alkanes) is 6. The number of aromatic carboxylic acids is 2. The minimum absolute atomic E-state index is 0.0573. The summed E-state index contributed by atoms with van der Waals surface area (Å²) in [5.74, 6) is -2.28. The smallest absolute Gasteiger partial charge is 0.349 e. The van der Waals surface area contributed by atoms with Crippen molar-refractivity contribution in [2.24, 2.45) is 0 Å². The lowest BCUT2D eigenvalue weighted by Crippen LogP contribution is -2.06. The first-order chi connectivity index (χ1) is 12.0. The zero-order valence-electron chi connectivity index (χ0n) is 15.0. The fourth-order valence-electron chi connectivity index (χ4n) is 2.35. The van der Waals surface area contributed by atoms with Gasteiger partial charge in [0.15, 0.2) is 21.3 Å². The Kier molecular flexibility index (Phi) is 9.99. The molecule has 1 aromatic rings. The van der Waals surface area contributed by atoms with E-state index in [1.165, 1.54) is 0 Å². The summed E-state index contributed by atoms with van der Waals surface area (Å²) in [6, 6.07) is 0. The van der Waals surface area contributed by atoms with Crippen LogP contribution in [0.3, 0.4) is 0 Å². The largest absolute Gasteiger partial charge is 0.488 e. The maximum Gasteiger partial charge on any atom is 0.349 e. The van der Waals surface area contributed by atoms with Crippen LogP contribution >= 0.6 is 11.3 Å². The number of carboxylic acid groups (broad SMARTS) is 2. The Morgan fingerprint density at radius 2 is 1.16 bits per heavy atom. The molecule has 1 rings (SSSR count). The van der Waals surface area contributed by atoms with Crippen molar-refractivity contribution in [3.8, 4) is 11.5 Å². The van der Waals surface area contributed by atoms with Gasteiger partial charge in [0.25, 0.3) is 0 Å². The number of carboxylic acids is 2. The number of ether oxygens (including phenoxy) is 2. The van der Waals surface area contributed by atoms with Gasteiger partial charge < -0.3 is 19.7 Å². The van der Waals surface area contributed by atoms with Crippen LogP contribution in [0.5, 0.6) is 11.5 Å². The van der Waals surface area contributed by atoms with Gasteiger partial charge in [-0.2, -0.15) is 0 Å². The Labute approximate surface area is 152 Å². The molecule has 0 saturated heterocycles. The Morgan fingerprint density at radius 1 is 0.760 bits per heavy atom. The summed E-state index contributed by atoms with van der Waals surface area (Å²) in [6.07, 6.45) is 7.91. The number of thiophene rings is 1.